The van der Waals surface area contributed by atoms with Crippen LogP contribution in [0.25, 0.3) is 0 Å². The maximum atomic E-state index is 12.8. The number of aliphatic hydroxyl groups excluding tert-OH is 3. The lowest BCUT2D eigenvalue weighted by molar-refractivity contribution is -0.138. The normalized spacial score (nSPS) is 24.9. The molecular weight excluding hydrogens is 429 g/mol. The van der Waals surface area contributed by atoms with Gasteiger partial charge in [0.15, 0.2) is 0 Å². The molecule has 4 unspecified atom stereocenters. The summed E-state index contributed by atoms with van der Waals surface area (Å²) in [6, 6.07) is 4.36. The third kappa shape index (κ3) is 8.29. The number of benzene rings is 1. The molecule has 1 aromatic rings. The maximum Gasteiger partial charge on any atom is 0.416 e. The zero-order valence-electron chi connectivity index (χ0n) is 17.5. The van der Waals surface area contributed by atoms with E-state index in [9.17, 15) is 33.3 Å². The molecule has 0 amide bonds. The van der Waals surface area contributed by atoms with Crippen LogP contribution in [0.2, 0.25) is 0 Å². The van der Waals surface area contributed by atoms with Crippen LogP contribution in [-0.2, 0) is 11.0 Å². The lowest BCUT2D eigenvalue weighted by Crippen LogP contribution is -2.21. The van der Waals surface area contributed by atoms with Crippen molar-refractivity contribution in [2.75, 3.05) is 6.61 Å². The number of carbonyl (C=O) groups is 1. The number of hydrogen-bond acceptors (Lipinski definition) is 5. The molecular formula is C23H29F3O6. The summed E-state index contributed by atoms with van der Waals surface area (Å²) in [6.07, 6.45) is 1.48. The molecule has 0 aromatic heterocycles. The molecule has 1 saturated carbocycles. The minimum Gasteiger partial charge on any atom is -0.491 e. The van der Waals surface area contributed by atoms with Crippen molar-refractivity contribution in [1.82, 2.24) is 0 Å². The Bertz CT molecular complexity index is 792. The molecule has 6 nitrogen and oxygen atoms in total. The molecule has 0 heterocycles. The Kier molecular flexibility index (Phi) is 9.74. The summed E-state index contributed by atoms with van der Waals surface area (Å²) in [4.78, 5) is 10.5. The molecule has 1 aliphatic carbocycles. The fourth-order valence-corrected chi connectivity index (χ4v) is 3.70. The van der Waals surface area contributed by atoms with Crippen molar-refractivity contribution in [2.45, 2.75) is 56.6 Å². The van der Waals surface area contributed by atoms with Gasteiger partial charge >= 0.3 is 12.1 Å². The van der Waals surface area contributed by atoms with Crippen LogP contribution in [0, 0.1) is 11.8 Å². The minimum atomic E-state index is -4.49. The van der Waals surface area contributed by atoms with E-state index in [4.69, 9.17) is 9.84 Å². The van der Waals surface area contributed by atoms with Gasteiger partial charge in [0.1, 0.15) is 18.5 Å². The predicted octanol–water partition coefficient (Wildman–Crippen LogP) is 3.56. The molecule has 0 bridgehead atoms. The summed E-state index contributed by atoms with van der Waals surface area (Å²) < 4.78 is 43.5. The molecule has 32 heavy (non-hydrogen) atoms. The fraction of sp³-hybridized carbons (Fsp3) is 0.522. The number of aliphatic hydroxyl groups is 3. The summed E-state index contributed by atoms with van der Waals surface area (Å²) in [7, 11) is 0. The van der Waals surface area contributed by atoms with Gasteiger partial charge in [0, 0.05) is 18.8 Å². The second-order valence-corrected chi connectivity index (χ2v) is 7.89. The number of allylic oxidation sites excluding steroid dienone is 2. The van der Waals surface area contributed by atoms with Crippen molar-refractivity contribution in [3.05, 3.63) is 54.1 Å². The van der Waals surface area contributed by atoms with Gasteiger partial charge in [-0.25, -0.2) is 0 Å². The molecule has 2 rings (SSSR count). The lowest BCUT2D eigenvalue weighted by Gasteiger charge is -2.19. The fourth-order valence-electron chi connectivity index (χ4n) is 3.70. The minimum absolute atomic E-state index is 0.0190. The number of rotatable bonds is 11. The first kappa shape index (κ1) is 25.9. The quantitative estimate of drug-likeness (QED) is 0.298. The van der Waals surface area contributed by atoms with Crippen molar-refractivity contribution in [3.63, 3.8) is 0 Å². The van der Waals surface area contributed by atoms with Crippen LogP contribution in [0.15, 0.2) is 48.6 Å². The second-order valence-electron chi connectivity index (χ2n) is 7.89. The van der Waals surface area contributed by atoms with Gasteiger partial charge in [0.2, 0.25) is 0 Å². The highest BCUT2D eigenvalue weighted by molar-refractivity contribution is 5.66. The average Bonchev–Trinajstić information content (AvgIpc) is 2.99. The Hall–Kier alpha value is -2.36. The second kappa shape index (κ2) is 12.0. The molecule has 0 radical (unpaired) electrons. The van der Waals surface area contributed by atoms with E-state index in [1.54, 1.807) is 6.08 Å². The maximum absolute atomic E-state index is 12.8. The highest BCUT2D eigenvalue weighted by atomic mass is 19.4. The number of aliphatic carboxylic acids is 1. The number of unbranched alkanes of at least 4 members (excludes halogenated alkanes) is 1. The summed E-state index contributed by atoms with van der Waals surface area (Å²) in [5, 5.41) is 39.2. The van der Waals surface area contributed by atoms with E-state index in [1.807, 2.05) is 12.2 Å². The van der Waals surface area contributed by atoms with Crippen molar-refractivity contribution in [2.24, 2.45) is 11.8 Å². The third-order valence-corrected chi connectivity index (χ3v) is 5.39. The Balaban J connectivity index is 1.87. The van der Waals surface area contributed by atoms with E-state index in [0.29, 0.717) is 19.3 Å². The average molecular weight is 458 g/mol. The van der Waals surface area contributed by atoms with Gasteiger partial charge in [-0.1, -0.05) is 30.4 Å². The molecule has 0 spiro atoms. The van der Waals surface area contributed by atoms with Gasteiger partial charge in [-0.05, 0) is 43.4 Å². The topological polar surface area (TPSA) is 107 Å². The third-order valence-electron chi connectivity index (χ3n) is 5.39. The largest absolute Gasteiger partial charge is 0.491 e. The van der Waals surface area contributed by atoms with Crippen molar-refractivity contribution < 1.29 is 43.1 Å². The highest BCUT2D eigenvalue weighted by Gasteiger charge is 2.39. The molecule has 9 heteroatoms. The van der Waals surface area contributed by atoms with Crippen LogP contribution in [0.5, 0.6) is 5.75 Å². The Morgan fingerprint density at radius 1 is 1.22 bits per heavy atom. The molecule has 5 atom stereocenters. The molecule has 4 N–H and O–H groups in total. The van der Waals surface area contributed by atoms with Crippen LogP contribution in [0.4, 0.5) is 13.2 Å². The van der Waals surface area contributed by atoms with E-state index in [0.717, 1.165) is 12.1 Å². The van der Waals surface area contributed by atoms with E-state index in [2.05, 4.69) is 0 Å². The van der Waals surface area contributed by atoms with Gasteiger partial charge in [0.05, 0.1) is 17.8 Å². The van der Waals surface area contributed by atoms with Crippen molar-refractivity contribution in [1.29, 1.82) is 0 Å². The van der Waals surface area contributed by atoms with Crippen molar-refractivity contribution in [3.8, 4) is 5.75 Å². The van der Waals surface area contributed by atoms with Gasteiger partial charge in [-0.3, -0.25) is 4.79 Å². The number of carboxylic acid groups (broad SMARTS) is 1. The summed E-state index contributed by atoms with van der Waals surface area (Å²) in [5.41, 5.74) is -0.845. The highest BCUT2D eigenvalue weighted by Crippen LogP contribution is 2.36. The van der Waals surface area contributed by atoms with Crippen LogP contribution in [-0.4, -0.2) is 51.3 Å². The van der Waals surface area contributed by atoms with Crippen LogP contribution in [0.1, 0.15) is 37.7 Å². The predicted molar refractivity (Wildman–Crippen MR) is 111 cm³/mol. The SMILES string of the molecule is O=C(O)CCCC=CCC1C(O)CC(O)[C@@H]1C=CC(O)COc1cccc(C(F)(F)F)c1. The zero-order chi connectivity index (χ0) is 23.7. The molecule has 1 aliphatic rings. The number of ether oxygens (including phenoxy) is 1. The molecule has 178 valence electrons. The smallest absolute Gasteiger partial charge is 0.416 e. The number of alkyl halides is 3. The van der Waals surface area contributed by atoms with E-state index in [-0.39, 0.29) is 31.1 Å². The molecule has 0 aliphatic heterocycles. The van der Waals surface area contributed by atoms with Crippen LogP contribution >= 0.6 is 0 Å². The first-order chi connectivity index (χ1) is 15.1. The van der Waals surface area contributed by atoms with E-state index < -0.39 is 41.9 Å². The number of hydrogen-bond donors (Lipinski definition) is 4. The van der Waals surface area contributed by atoms with Gasteiger partial charge in [0.25, 0.3) is 0 Å². The summed E-state index contributed by atoms with van der Waals surface area (Å²) >= 11 is 0. The van der Waals surface area contributed by atoms with Crippen molar-refractivity contribution >= 4 is 5.97 Å². The summed E-state index contributed by atoms with van der Waals surface area (Å²) in [5.74, 6) is -1.55. The molecule has 0 saturated heterocycles. The lowest BCUT2D eigenvalue weighted by atomic mass is 9.89. The first-order valence-electron chi connectivity index (χ1n) is 10.5. The van der Waals surface area contributed by atoms with E-state index in [1.165, 1.54) is 18.2 Å². The first-order valence-corrected chi connectivity index (χ1v) is 10.5. The van der Waals surface area contributed by atoms with Gasteiger partial charge in [-0.15, -0.1) is 0 Å². The number of halogens is 3. The van der Waals surface area contributed by atoms with Crippen LogP contribution < -0.4 is 4.74 Å². The molecule has 1 aromatic carbocycles. The monoisotopic (exact) mass is 458 g/mol. The summed E-state index contributed by atoms with van der Waals surface area (Å²) in [6.45, 7) is -0.267. The van der Waals surface area contributed by atoms with Gasteiger partial charge in [-0.2, -0.15) is 13.2 Å². The Morgan fingerprint density at radius 3 is 2.66 bits per heavy atom. The zero-order valence-corrected chi connectivity index (χ0v) is 17.5. The Labute approximate surface area is 184 Å². The standard InChI is InChI=1S/C23H29F3O6/c24-23(25,26)15-6-5-7-17(12-15)32-14-16(27)10-11-19-18(20(28)13-21(19)29)8-3-1-2-4-9-22(30)31/h1,3,5-7,10-12,16,18-21,27-29H,2,4,8-9,13-14H2,(H,30,31)/t16?,18?,19-,20?,21?/m1/s1. The van der Waals surface area contributed by atoms with Crippen LogP contribution in [0.3, 0.4) is 0 Å². The Morgan fingerprint density at radius 2 is 1.97 bits per heavy atom. The number of carboxylic acids is 1. The van der Waals surface area contributed by atoms with Gasteiger partial charge < -0.3 is 25.2 Å². The molecule has 1 fully saturated rings. The van der Waals surface area contributed by atoms with E-state index >= 15 is 0 Å².